The molecule has 1 aromatic carbocycles. The van der Waals surface area contributed by atoms with E-state index in [0.29, 0.717) is 13.0 Å². The van der Waals surface area contributed by atoms with Gasteiger partial charge in [0.05, 0.1) is 12.6 Å². The summed E-state index contributed by atoms with van der Waals surface area (Å²) in [6, 6.07) is 5.49. The summed E-state index contributed by atoms with van der Waals surface area (Å²) >= 11 is 0. The molecular weight excluding hydrogens is 246 g/mol. The van der Waals surface area contributed by atoms with Crippen molar-refractivity contribution in [1.29, 1.82) is 0 Å². The summed E-state index contributed by atoms with van der Waals surface area (Å²) in [5.41, 5.74) is 2.05. The topological polar surface area (TPSA) is 75.6 Å². The minimum absolute atomic E-state index is 0.0263. The largest absolute Gasteiger partial charge is 0.493 e. The van der Waals surface area contributed by atoms with Crippen LogP contribution in [0.5, 0.6) is 5.75 Å². The second-order valence-corrected chi connectivity index (χ2v) is 4.65. The molecule has 0 aliphatic carbocycles. The molecule has 2 rings (SSSR count). The number of amides is 1. The van der Waals surface area contributed by atoms with Crippen molar-refractivity contribution in [2.45, 2.75) is 32.2 Å². The zero-order chi connectivity index (χ0) is 13.8. The molecule has 0 bridgehead atoms. The van der Waals surface area contributed by atoms with Crippen LogP contribution >= 0.6 is 0 Å². The Kier molecular flexibility index (Phi) is 4.04. The summed E-state index contributed by atoms with van der Waals surface area (Å²) in [7, 11) is 0. The lowest BCUT2D eigenvalue weighted by atomic mass is 9.99. The number of rotatable bonds is 5. The van der Waals surface area contributed by atoms with Gasteiger partial charge in [0.2, 0.25) is 5.91 Å². The van der Waals surface area contributed by atoms with Gasteiger partial charge >= 0.3 is 5.97 Å². The lowest BCUT2D eigenvalue weighted by Gasteiger charge is -2.18. The highest BCUT2D eigenvalue weighted by Gasteiger charge is 2.18. The molecule has 1 aromatic rings. The number of carboxylic acid groups (broad SMARTS) is 1. The van der Waals surface area contributed by atoms with Crippen LogP contribution in [0.15, 0.2) is 18.2 Å². The molecule has 1 amide bonds. The second-order valence-electron chi connectivity index (χ2n) is 4.65. The van der Waals surface area contributed by atoms with Crippen LogP contribution in [-0.2, 0) is 16.0 Å². The summed E-state index contributed by atoms with van der Waals surface area (Å²) in [4.78, 5) is 21.9. The summed E-state index contributed by atoms with van der Waals surface area (Å²) < 4.78 is 5.43. The van der Waals surface area contributed by atoms with Crippen molar-refractivity contribution >= 4 is 11.9 Å². The highest BCUT2D eigenvalue weighted by atomic mass is 16.5. The van der Waals surface area contributed by atoms with Crippen LogP contribution in [-0.4, -0.2) is 23.6 Å². The Morgan fingerprint density at radius 3 is 2.95 bits per heavy atom. The molecule has 0 saturated carbocycles. The van der Waals surface area contributed by atoms with E-state index in [-0.39, 0.29) is 18.4 Å². The maximum absolute atomic E-state index is 11.2. The Morgan fingerprint density at radius 2 is 2.26 bits per heavy atom. The smallest absolute Gasteiger partial charge is 0.303 e. The fourth-order valence-electron chi connectivity index (χ4n) is 2.26. The molecule has 1 atom stereocenters. The number of nitrogens with one attached hydrogen (secondary N) is 1. The van der Waals surface area contributed by atoms with E-state index in [9.17, 15) is 9.59 Å². The fourth-order valence-corrected chi connectivity index (χ4v) is 2.26. The van der Waals surface area contributed by atoms with E-state index in [4.69, 9.17) is 9.84 Å². The van der Waals surface area contributed by atoms with Crippen LogP contribution in [0.2, 0.25) is 0 Å². The molecule has 19 heavy (non-hydrogen) atoms. The molecule has 1 aliphatic rings. The lowest BCUT2D eigenvalue weighted by molar-refractivity contribution is -0.137. The molecular formula is C14H17NO4. The number of carbonyl (C=O) groups is 2. The van der Waals surface area contributed by atoms with Crippen molar-refractivity contribution in [3.05, 3.63) is 29.3 Å². The van der Waals surface area contributed by atoms with Crippen LogP contribution < -0.4 is 10.1 Å². The van der Waals surface area contributed by atoms with E-state index in [0.717, 1.165) is 23.3 Å². The van der Waals surface area contributed by atoms with Crippen molar-refractivity contribution < 1.29 is 19.4 Å². The molecule has 0 saturated heterocycles. The minimum atomic E-state index is -0.861. The molecule has 1 aliphatic heterocycles. The van der Waals surface area contributed by atoms with Gasteiger partial charge in [-0.25, -0.2) is 0 Å². The van der Waals surface area contributed by atoms with Gasteiger partial charge in [0.1, 0.15) is 5.75 Å². The van der Waals surface area contributed by atoms with E-state index >= 15 is 0 Å². The predicted molar refractivity (Wildman–Crippen MR) is 69.1 cm³/mol. The predicted octanol–water partition coefficient (Wildman–Crippen LogP) is 1.66. The first-order valence-electron chi connectivity index (χ1n) is 6.31. The summed E-state index contributed by atoms with van der Waals surface area (Å²) in [5, 5.41) is 11.6. The van der Waals surface area contributed by atoms with Gasteiger partial charge in [-0.3, -0.25) is 9.59 Å². The highest BCUT2D eigenvalue weighted by Crippen LogP contribution is 2.29. The number of hydrogen-bond donors (Lipinski definition) is 2. The normalized spacial score (nSPS) is 14.4. The van der Waals surface area contributed by atoms with Gasteiger partial charge < -0.3 is 15.2 Å². The molecule has 0 fully saturated rings. The fraction of sp³-hybridized carbons (Fsp3) is 0.429. The Bertz CT molecular complexity index is 498. The van der Waals surface area contributed by atoms with Gasteiger partial charge in [-0.1, -0.05) is 6.07 Å². The van der Waals surface area contributed by atoms with Gasteiger partial charge in [-0.2, -0.15) is 0 Å². The monoisotopic (exact) mass is 263 g/mol. The number of benzene rings is 1. The van der Waals surface area contributed by atoms with Gasteiger partial charge in [-0.15, -0.1) is 0 Å². The third-order valence-corrected chi connectivity index (χ3v) is 3.14. The molecule has 5 nitrogen and oxygen atoms in total. The molecule has 0 radical (unpaired) electrons. The SMILES string of the molecule is CC(=O)NC(CCC(=O)O)c1ccc2c(c1)CCO2. The second kappa shape index (κ2) is 5.73. The zero-order valence-corrected chi connectivity index (χ0v) is 10.8. The number of carboxylic acids is 1. The van der Waals surface area contributed by atoms with Gasteiger partial charge in [0.25, 0.3) is 0 Å². The van der Waals surface area contributed by atoms with Crippen molar-refractivity contribution in [2.75, 3.05) is 6.61 Å². The Morgan fingerprint density at radius 1 is 1.47 bits per heavy atom. The zero-order valence-electron chi connectivity index (χ0n) is 10.8. The third-order valence-electron chi connectivity index (χ3n) is 3.14. The molecule has 1 unspecified atom stereocenters. The van der Waals surface area contributed by atoms with Crippen LogP contribution in [0.4, 0.5) is 0 Å². The first-order valence-corrected chi connectivity index (χ1v) is 6.31. The Balaban J connectivity index is 2.16. The standard InChI is InChI=1S/C14H17NO4/c1-9(16)15-12(3-5-14(17)18)10-2-4-13-11(8-10)6-7-19-13/h2,4,8,12H,3,5-7H2,1H3,(H,15,16)(H,17,18). The van der Waals surface area contributed by atoms with Gasteiger partial charge in [0, 0.05) is 19.8 Å². The molecule has 5 heteroatoms. The summed E-state index contributed by atoms with van der Waals surface area (Å²) in [6.07, 6.45) is 1.27. The first-order chi connectivity index (χ1) is 9.06. The number of fused-ring (bicyclic) bond motifs is 1. The Hall–Kier alpha value is -2.04. The van der Waals surface area contributed by atoms with Crippen molar-refractivity contribution in [1.82, 2.24) is 5.32 Å². The van der Waals surface area contributed by atoms with Gasteiger partial charge in [-0.05, 0) is 29.7 Å². The molecule has 0 spiro atoms. The van der Waals surface area contributed by atoms with E-state index in [2.05, 4.69) is 5.32 Å². The Labute approximate surface area is 111 Å². The minimum Gasteiger partial charge on any atom is -0.493 e. The number of hydrogen-bond acceptors (Lipinski definition) is 3. The maximum Gasteiger partial charge on any atom is 0.303 e. The van der Waals surface area contributed by atoms with Crippen LogP contribution in [0.25, 0.3) is 0 Å². The van der Waals surface area contributed by atoms with E-state index in [1.807, 2.05) is 18.2 Å². The lowest BCUT2D eigenvalue weighted by Crippen LogP contribution is -2.26. The molecule has 0 aromatic heterocycles. The van der Waals surface area contributed by atoms with Crippen LogP contribution in [0.3, 0.4) is 0 Å². The average Bonchev–Trinajstić information content (AvgIpc) is 2.80. The van der Waals surface area contributed by atoms with Crippen molar-refractivity contribution in [2.24, 2.45) is 0 Å². The van der Waals surface area contributed by atoms with E-state index in [1.165, 1.54) is 6.92 Å². The molecule has 2 N–H and O–H groups in total. The van der Waals surface area contributed by atoms with Crippen LogP contribution in [0, 0.1) is 0 Å². The van der Waals surface area contributed by atoms with E-state index < -0.39 is 5.97 Å². The summed E-state index contributed by atoms with van der Waals surface area (Å²) in [6.45, 7) is 2.11. The third kappa shape index (κ3) is 3.47. The van der Waals surface area contributed by atoms with E-state index in [1.54, 1.807) is 0 Å². The number of aliphatic carboxylic acids is 1. The number of ether oxygens (including phenoxy) is 1. The summed E-state index contributed by atoms with van der Waals surface area (Å²) in [5.74, 6) is -0.143. The van der Waals surface area contributed by atoms with Gasteiger partial charge in [0.15, 0.2) is 0 Å². The van der Waals surface area contributed by atoms with Crippen LogP contribution in [0.1, 0.15) is 36.9 Å². The van der Waals surface area contributed by atoms with Crippen molar-refractivity contribution in [3.8, 4) is 5.75 Å². The molecule has 102 valence electrons. The quantitative estimate of drug-likeness (QED) is 0.847. The van der Waals surface area contributed by atoms with Crippen molar-refractivity contribution in [3.63, 3.8) is 0 Å². The number of carbonyl (C=O) groups excluding carboxylic acids is 1. The average molecular weight is 263 g/mol. The maximum atomic E-state index is 11.2. The molecule has 1 heterocycles. The first kappa shape index (κ1) is 13.4. The highest BCUT2D eigenvalue weighted by molar-refractivity contribution is 5.73.